The maximum atomic E-state index is 12.8. The molecule has 160 valence electrons. The maximum Gasteiger partial charge on any atom is 0.255 e. The van der Waals surface area contributed by atoms with E-state index in [1.165, 1.54) is 11.6 Å². The van der Waals surface area contributed by atoms with Crippen LogP contribution >= 0.6 is 0 Å². The minimum Gasteiger partial charge on any atom is -0.339 e. The molecule has 0 bridgehead atoms. The molecular weight excluding hydrogens is 408 g/mol. The van der Waals surface area contributed by atoms with Gasteiger partial charge in [-0.2, -0.15) is 0 Å². The first kappa shape index (κ1) is 22.3. The maximum absolute atomic E-state index is 12.8. The predicted octanol–water partition coefficient (Wildman–Crippen LogP) is 4.80. The van der Waals surface area contributed by atoms with E-state index in [1.54, 1.807) is 29.2 Å². The lowest BCUT2D eigenvalue weighted by atomic mass is 10.1. The van der Waals surface area contributed by atoms with Crippen LogP contribution in [0.25, 0.3) is 6.08 Å². The van der Waals surface area contributed by atoms with Crippen LogP contribution in [0.4, 0.5) is 5.69 Å². The average Bonchev–Trinajstić information content (AvgIpc) is 2.80. The van der Waals surface area contributed by atoms with Crippen molar-refractivity contribution in [1.29, 1.82) is 0 Å². The summed E-state index contributed by atoms with van der Waals surface area (Å²) in [6, 6.07) is 25.7. The molecule has 0 radical (unpaired) electrons. The smallest absolute Gasteiger partial charge is 0.255 e. The first-order valence-electron chi connectivity index (χ1n) is 10.2. The number of rotatable bonds is 9. The van der Waals surface area contributed by atoms with Crippen LogP contribution in [-0.2, 0) is 16.4 Å². The molecule has 3 rings (SSSR count). The summed E-state index contributed by atoms with van der Waals surface area (Å²) < 4.78 is 27.1. The van der Waals surface area contributed by atoms with Gasteiger partial charge >= 0.3 is 0 Å². The highest BCUT2D eigenvalue weighted by atomic mass is 32.2. The van der Waals surface area contributed by atoms with Crippen LogP contribution in [0.5, 0.6) is 0 Å². The fourth-order valence-corrected chi connectivity index (χ4v) is 3.97. The van der Waals surface area contributed by atoms with E-state index < -0.39 is 10.0 Å². The number of likely N-dealkylation sites (N-methyl/N-ethyl adjacent to an activating group) is 1. The summed E-state index contributed by atoms with van der Waals surface area (Å²) in [6.45, 7) is 3.17. The zero-order valence-corrected chi connectivity index (χ0v) is 18.3. The second-order valence-electron chi connectivity index (χ2n) is 7.06. The lowest BCUT2D eigenvalue weighted by molar-refractivity contribution is 0.0766. The van der Waals surface area contributed by atoms with Crippen molar-refractivity contribution in [2.75, 3.05) is 17.8 Å². The summed E-state index contributed by atoms with van der Waals surface area (Å²) in [7, 11) is -3.65. The SMILES string of the molecule is CCN(CCc1ccccc1)C(=O)c1ccc(NS(=O)(=O)C=Cc2ccccc2)cc1. The number of hydrogen-bond donors (Lipinski definition) is 1. The van der Waals surface area contributed by atoms with Gasteiger partial charge in [0.1, 0.15) is 0 Å². The molecule has 0 aliphatic carbocycles. The molecule has 3 aromatic carbocycles. The molecule has 0 saturated carbocycles. The molecule has 31 heavy (non-hydrogen) atoms. The molecule has 0 saturated heterocycles. The fourth-order valence-electron chi connectivity index (χ4n) is 3.11. The first-order valence-corrected chi connectivity index (χ1v) is 11.7. The Morgan fingerprint density at radius 2 is 1.52 bits per heavy atom. The molecule has 5 nitrogen and oxygen atoms in total. The van der Waals surface area contributed by atoms with Gasteiger partial charge < -0.3 is 4.90 Å². The summed E-state index contributed by atoms with van der Waals surface area (Å²) in [6.07, 6.45) is 2.32. The Hall–Kier alpha value is -3.38. The number of sulfonamides is 1. The molecule has 3 aromatic rings. The van der Waals surface area contributed by atoms with Gasteiger partial charge in [-0.15, -0.1) is 0 Å². The van der Waals surface area contributed by atoms with Gasteiger partial charge in [-0.3, -0.25) is 9.52 Å². The zero-order chi connectivity index (χ0) is 22.1. The van der Waals surface area contributed by atoms with Gasteiger partial charge in [0.2, 0.25) is 0 Å². The van der Waals surface area contributed by atoms with Crippen molar-refractivity contribution >= 4 is 27.7 Å². The van der Waals surface area contributed by atoms with E-state index in [9.17, 15) is 13.2 Å². The number of carbonyl (C=O) groups is 1. The van der Waals surface area contributed by atoms with Gasteiger partial charge in [-0.05, 0) is 54.8 Å². The van der Waals surface area contributed by atoms with Crippen LogP contribution < -0.4 is 4.72 Å². The Balaban J connectivity index is 1.61. The number of amides is 1. The zero-order valence-electron chi connectivity index (χ0n) is 17.4. The van der Waals surface area contributed by atoms with Crippen molar-refractivity contribution < 1.29 is 13.2 Å². The highest BCUT2D eigenvalue weighted by molar-refractivity contribution is 7.95. The molecule has 0 heterocycles. The molecule has 0 aliphatic heterocycles. The van der Waals surface area contributed by atoms with E-state index in [0.717, 1.165) is 17.4 Å². The van der Waals surface area contributed by atoms with Crippen molar-refractivity contribution in [2.24, 2.45) is 0 Å². The van der Waals surface area contributed by atoms with Crippen LogP contribution in [0.1, 0.15) is 28.4 Å². The monoisotopic (exact) mass is 434 g/mol. The topological polar surface area (TPSA) is 66.5 Å². The summed E-state index contributed by atoms with van der Waals surface area (Å²) in [5.74, 6) is -0.0724. The highest BCUT2D eigenvalue weighted by Crippen LogP contribution is 2.15. The number of nitrogens with one attached hydrogen (secondary N) is 1. The number of nitrogens with zero attached hydrogens (tertiary/aromatic N) is 1. The van der Waals surface area contributed by atoms with E-state index in [4.69, 9.17) is 0 Å². The number of anilines is 1. The van der Waals surface area contributed by atoms with Gasteiger partial charge in [0.05, 0.1) is 5.41 Å². The van der Waals surface area contributed by atoms with E-state index in [0.29, 0.717) is 24.3 Å². The Morgan fingerprint density at radius 1 is 0.903 bits per heavy atom. The fraction of sp³-hybridized carbons (Fsp3) is 0.160. The van der Waals surface area contributed by atoms with Crippen LogP contribution in [0.3, 0.4) is 0 Å². The molecule has 0 atom stereocenters. The third-order valence-corrected chi connectivity index (χ3v) is 5.83. The summed E-state index contributed by atoms with van der Waals surface area (Å²) >= 11 is 0. The minimum absolute atomic E-state index is 0.0724. The van der Waals surface area contributed by atoms with E-state index in [1.807, 2.05) is 67.6 Å². The first-order chi connectivity index (χ1) is 15.0. The quantitative estimate of drug-likeness (QED) is 0.526. The Bertz CT molecular complexity index is 1110. The van der Waals surface area contributed by atoms with Gasteiger partial charge in [-0.25, -0.2) is 8.42 Å². The van der Waals surface area contributed by atoms with Gasteiger partial charge in [-0.1, -0.05) is 60.7 Å². The van der Waals surface area contributed by atoms with Crippen LogP contribution in [0, 0.1) is 0 Å². The number of benzene rings is 3. The van der Waals surface area contributed by atoms with Gasteiger partial charge in [0.15, 0.2) is 0 Å². The number of hydrogen-bond acceptors (Lipinski definition) is 3. The third-order valence-electron chi connectivity index (χ3n) is 4.81. The van der Waals surface area contributed by atoms with Crippen molar-refractivity contribution in [3.05, 3.63) is 107 Å². The molecule has 6 heteroatoms. The molecule has 1 amide bonds. The van der Waals surface area contributed by atoms with Gasteiger partial charge in [0.25, 0.3) is 15.9 Å². The molecule has 1 N–H and O–H groups in total. The van der Waals surface area contributed by atoms with E-state index in [-0.39, 0.29) is 5.91 Å². The molecule has 0 aromatic heterocycles. The molecule has 0 spiro atoms. The Labute approximate surface area is 184 Å². The Morgan fingerprint density at radius 3 is 2.13 bits per heavy atom. The molecular formula is C25H26N2O3S. The van der Waals surface area contributed by atoms with Crippen molar-refractivity contribution in [2.45, 2.75) is 13.3 Å². The van der Waals surface area contributed by atoms with Gasteiger partial charge in [0, 0.05) is 24.3 Å². The standard InChI is InChI=1S/C25H26N2O3S/c1-2-27(19-17-21-9-5-3-6-10-21)25(28)23-13-15-24(16-14-23)26-31(29,30)20-18-22-11-7-4-8-12-22/h3-16,18,20,26H,2,17,19H2,1H3. The predicted molar refractivity (Wildman–Crippen MR) is 126 cm³/mol. The van der Waals surface area contributed by atoms with E-state index >= 15 is 0 Å². The van der Waals surface area contributed by atoms with Crippen LogP contribution in [0.2, 0.25) is 0 Å². The normalized spacial score (nSPS) is 11.4. The van der Waals surface area contributed by atoms with Crippen LogP contribution in [-0.4, -0.2) is 32.3 Å². The highest BCUT2D eigenvalue weighted by Gasteiger charge is 2.14. The van der Waals surface area contributed by atoms with Crippen LogP contribution in [0.15, 0.2) is 90.3 Å². The lowest BCUT2D eigenvalue weighted by Crippen LogP contribution is -2.32. The van der Waals surface area contributed by atoms with Crippen molar-refractivity contribution in [3.63, 3.8) is 0 Å². The second kappa shape index (κ2) is 10.6. The average molecular weight is 435 g/mol. The summed E-state index contributed by atoms with van der Waals surface area (Å²) in [4.78, 5) is 14.6. The molecule has 0 fully saturated rings. The Kier molecular flexibility index (Phi) is 7.62. The number of carbonyl (C=O) groups excluding carboxylic acids is 1. The minimum atomic E-state index is -3.65. The van der Waals surface area contributed by atoms with Crippen molar-refractivity contribution in [3.8, 4) is 0 Å². The lowest BCUT2D eigenvalue weighted by Gasteiger charge is -2.21. The third kappa shape index (κ3) is 6.83. The summed E-state index contributed by atoms with van der Waals surface area (Å²) in [5.41, 5.74) is 2.91. The van der Waals surface area contributed by atoms with Crippen molar-refractivity contribution in [1.82, 2.24) is 4.90 Å². The second-order valence-corrected chi connectivity index (χ2v) is 8.62. The summed E-state index contributed by atoms with van der Waals surface area (Å²) in [5, 5.41) is 1.13. The molecule has 0 unspecified atom stereocenters. The largest absolute Gasteiger partial charge is 0.339 e. The van der Waals surface area contributed by atoms with E-state index in [2.05, 4.69) is 4.72 Å². The molecule has 0 aliphatic rings.